The van der Waals surface area contributed by atoms with Crippen molar-refractivity contribution in [2.75, 3.05) is 13.2 Å². The standard InChI is InChI=1S/C51H92O6/c1-4-7-10-13-16-19-22-24-25-27-29-32-35-38-41-44-50(53)56-47-48(46-55-49(52)43-40-37-34-31-28-21-18-15-12-9-6-3)57-51(54)45-42-39-36-33-30-26-23-20-17-14-11-8-5-2/h7,10,13,16,19,22,48H,4-6,8-9,11-12,14-15,17-18,20-21,23-47H2,1-3H3/b10-7-,16-13-,22-19-. The Morgan fingerprint density at radius 2 is 0.684 bits per heavy atom. The zero-order chi connectivity index (χ0) is 41.5. The molecular formula is C51H92O6. The lowest BCUT2D eigenvalue weighted by Gasteiger charge is -2.18. The van der Waals surface area contributed by atoms with Crippen LogP contribution in [0, 0.1) is 0 Å². The zero-order valence-corrected chi connectivity index (χ0v) is 37.9. The van der Waals surface area contributed by atoms with Gasteiger partial charge >= 0.3 is 17.9 Å². The largest absolute Gasteiger partial charge is 0.462 e. The lowest BCUT2D eigenvalue weighted by molar-refractivity contribution is -0.167. The molecule has 6 heteroatoms. The summed E-state index contributed by atoms with van der Waals surface area (Å²) in [6.45, 7) is 6.50. The summed E-state index contributed by atoms with van der Waals surface area (Å²) in [6.07, 6.45) is 52.6. The predicted octanol–water partition coefficient (Wildman–Crippen LogP) is 15.8. The SMILES string of the molecule is CC\C=C/C=C\C=C/CCCCCCCCCC(=O)OCC(COC(=O)CCCCCCCCCCCCC)OC(=O)CCCCCCCCCCCCCCC. The van der Waals surface area contributed by atoms with Gasteiger partial charge in [0.25, 0.3) is 0 Å². The van der Waals surface area contributed by atoms with Gasteiger partial charge in [-0.2, -0.15) is 0 Å². The minimum absolute atomic E-state index is 0.0721. The van der Waals surface area contributed by atoms with Crippen LogP contribution in [-0.4, -0.2) is 37.2 Å². The fourth-order valence-corrected chi connectivity index (χ4v) is 7.03. The average molecular weight is 801 g/mol. The molecule has 0 aromatic carbocycles. The van der Waals surface area contributed by atoms with E-state index in [-0.39, 0.29) is 31.1 Å². The molecule has 0 heterocycles. The van der Waals surface area contributed by atoms with Crippen LogP contribution >= 0.6 is 0 Å². The van der Waals surface area contributed by atoms with Gasteiger partial charge in [-0.3, -0.25) is 14.4 Å². The average Bonchev–Trinajstić information content (AvgIpc) is 3.21. The molecule has 0 aliphatic heterocycles. The number of allylic oxidation sites excluding steroid dienone is 6. The summed E-state index contributed by atoms with van der Waals surface area (Å²) in [5, 5.41) is 0. The maximum Gasteiger partial charge on any atom is 0.306 e. The van der Waals surface area contributed by atoms with Crippen molar-refractivity contribution in [2.45, 2.75) is 258 Å². The second kappa shape index (κ2) is 46.3. The van der Waals surface area contributed by atoms with E-state index in [1.165, 1.54) is 141 Å². The lowest BCUT2D eigenvalue weighted by Crippen LogP contribution is -2.30. The van der Waals surface area contributed by atoms with Crippen molar-refractivity contribution in [3.8, 4) is 0 Å². The van der Waals surface area contributed by atoms with E-state index >= 15 is 0 Å². The molecule has 0 aromatic heterocycles. The van der Waals surface area contributed by atoms with E-state index in [1.54, 1.807) is 0 Å². The van der Waals surface area contributed by atoms with E-state index in [1.807, 2.05) is 0 Å². The summed E-state index contributed by atoms with van der Waals surface area (Å²) in [6, 6.07) is 0. The molecule has 0 saturated heterocycles. The molecule has 0 amide bonds. The van der Waals surface area contributed by atoms with Crippen molar-refractivity contribution >= 4 is 17.9 Å². The fourth-order valence-electron chi connectivity index (χ4n) is 7.03. The Balaban J connectivity index is 4.36. The van der Waals surface area contributed by atoms with Crippen LogP contribution in [0.3, 0.4) is 0 Å². The highest BCUT2D eigenvalue weighted by Crippen LogP contribution is 2.16. The van der Waals surface area contributed by atoms with Crippen molar-refractivity contribution in [2.24, 2.45) is 0 Å². The minimum Gasteiger partial charge on any atom is -0.462 e. The number of esters is 3. The lowest BCUT2D eigenvalue weighted by atomic mass is 10.0. The van der Waals surface area contributed by atoms with Crippen molar-refractivity contribution in [3.63, 3.8) is 0 Å². The molecule has 0 fully saturated rings. The third-order valence-electron chi connectivity index (χ3n) is 10.7. The normalized spacial score (nSPS) is 12.3. The van der Waals surface area contributed by atoms with Crippen LogP contribution in [0.15, 0.2) is 36.5 Å². The number of hydrogen-bond donors (Lipinski definition) is 0. The number of ether oxygens (including phenoxy) is 3. The van der Waals surface area contributed by atoms with Gasteiger partial charge in [0, 0.05) is 19.3 Å². The van der Waals surface area contributed by atoms with E-state index < -0.39 is 6.10 Å². The molecule has 1 atom stereocenters. The number of unbranched alkanes of at least 4 members (excludes halogenated alkanes) is 29. The highest BCUT2D eigenvalue weighted by molar-refractivity contribution is 5.71. The van der Waals surface area contributed by atoms with Gasteiger partial charge < -0.3 is 14.2 Å². The summed E-state index contributed by atoms with van der Waals surface area (Å²) in [7, 11) is 0. The molecule has 6 nitrogen and oxygen atoms in total. The molecule has 0 N–H and O–H groups in total. The molecule has 0 radical (unpaired) electrons. The Bertz CT molecular complexity index is 969. The van der Waals surface area contributed by atoms with Gasteiger partial charge in [-0.1, -0.05) is 231 Å². The maximum atomic E-state index is 12.7. The van der Waals surface area contributed by atoms with Gasteiger partial charge in [0.2, 0.25) is 0 Å². The third-order valence-corrected chi connectivity index (χ3v) is 10.7. The van der Waals surface area contributed by atoms with E-state index in [4.69, 9.17) is 14.2 Å². The quantitative estimate of drug-likeness (QED) is 0.0264. The summed E-state index contributed by atoms with van der Waals surface area (Å²) in [5.41, 5.74) is 0. The van der Waals surface area contributed by atoms with Gasteiger partial charge in [-0.15, -0.1) is 0 Å². The van der Waals surface area contributed by atoms with Crippen LogP contribution in [0.4, 0.5) is 0 Å². The highest BCUT2D eigenvalue weighted by Gasteiger charge is 2.19. The van der Waals surface area contributed by atoms with Crippen molar-refractivity contribution < 1.29 is 28.6 Å². The van der Waals surface area contributed by atoms with Crippen molar-refractivity contribution in [1.29, 1.82) is 0 Å². The second-order valence-corrected chi connectivity index (χ2v) is 16.4. The molecular weight excluding hydrogens is 709 g/mol. The molecule has 57 heavy (non-hydrogen) atoms. The van der Waals surface area contributed by atoms with E-state index in [9.17, 15) is 14.4 Å². The van der Waals surface area contributed by atoms with Crippen molar-refractivity contribution in [1.82, 2.24) is 0 Å². The molecule has 332 valence electrons. The molecule has 0 bridgehead atoms. The summed E-state index contributed by atoms with van der Waals surface area (Å²) < 4.78 is 16.8. The van der Waals surface area contributed by atoms with Crippen LogP contribution in [-0.2, 0) is 28.6 Å². The van der Waals surface area contributed by atoms with Gasteiger partial charge in [-0.05, 0) is 38.5 Å². The molecule has 1 unspecified atom stereocenters. The second-order valence-electron chi connectivity index (χ2n) is 16.4. The summed E-state index contributed by atoms with van der Waals surface area (Å²) in [5.74, 6) is -0.877. The smallest absolute Gasteiger partial charge is 0.306 e. The van der Waals surface area contributed by atoms with Crippen LogP contribution in [0.5, 0.6) is 0 Å². The fraction of sp³-hybridized carbons (Fsp3) is 0.824. The molecule has 0 aliphatic rings. The van der Waals surface area contributed by atoms with Gasteiger partial charge in [0.15, 0.2) is 6.10 Å². The first-order valence-corrected chi connectivity index (χ1v) is 24.5. The Morgan fingerprint density at radius 1 is 0.368 bits per heavy atom. The first kappa shape index (κ1) is 54.6. The van der Waals surface area contributed by atoms with Crippen molar-refractivity contribution in [3.05, 3.63) is 36.5 Å². The molecule has 0 aliphatic carbocycles. The van der Waals surface area contributed by atoms with Crippen LogP contribution in [0.25, 0.3) is 0 Å². The summed E-state index contributed by atoms with van der Waals surface area (Å²) in [4.78, 5) is 37.8. The van der Waals surface area contributed by atoms with Gasteiger partial charge in [-0.25, -0.2) is 0 Å². The highest BCUT2D eigenvalue weighted by atomic mass is 16.6. The molecule has 0 spiro atoms. The molecule has 0 rings (SSSR count). The molecule has 0 saturated carbocycles. The Morgan fingerprint density at radius 3 is 1.05 bits per heavy atom. The Labute approximate surface area is 353 Å². The first-order chi connectivity index (χ1) is 28.0. The van der Waals surface area contributed by atoms with E-state index in [2.05, 4.69) is 57.2 Å². The van der Waals surface area contributed by atoms with E-state index in [0.717, 1.165) is 70.6 Å². The zero-order valence-electron chi connectivity index (χ0n) is 37.9. The third kappa shape index (κ3) is 44.6. The maximum absolute atomic E-state index is 12.7. The first-order valence-electron chi connectivity index (χ1n) is 24.5. The monoisotopic (exact) mass is 801 g/mol. The number of carbonyl (C=O) groups excluding carboxylic acids is 3. The molecule has 0 aromatic rings. The topological polar surface area (TPSA) is 78.9 Å². The minimum atomic E-state index is -0.770. The predicted molar refractivity (Wildman–Crippen MR) is 242 cm³/mol. The number of carbonyl (C=O) groups is 3. The van der Waals surface area contributed by atoms with Crippen LogP contribution < -0.4 is 0 Å². The number of rotatable bonds is 44. The van der Waals surface area contributed by atoms with Crippen LogP contribution in [0.1, 0.15) is 252 Å². The summed E-state index contributed by atoms with van der Waals surface area (Å²) >= 11 is 0. The van der Waals surface area contributed by atoms with Gasteiger partial charge in [0.05, 0.1) is 0 Å². The van der Waals surface area contributed by atoms with Gasteiger partial charge in [0.1, 0.15) is 13.2 Å². The van der Waals surface area contributed by atoms with E-state index in [0.29, 0.717) is 19.3 Å². The van der Waals surface area contributed by atoms with Crippen LogP contribution in [0.2, 0.25) is 0 Å². The Hall–Kier alpha value is -2.37. The number of hydrogen-bond acceptors (Lipinski definition) is 6. The Kier molecular flexibility index (Phi) is 44.4.